The van der Waals surface area contributed by atoms with E-state index in [1.807, 2.05) is 31.4 Å². The van der Waals surface area contributed by atoms with Gasteiger partial charge in [-0.2, -0.15) is 18.3 Å². The summed E-state index contributed by atoms with van der Waals surface area (Å²) in [7, 11) is 3.17. The van der Waals surface area contributed by atoms with Gasteiger partial charge in [-0.25, -0.2) is 0 Å². The highest BCUT2D eigenvalue weighted by molar-refractivity contribution is 6.31. The molecule has 226 valence electrons. The molecule has 0 amide bonds. The SMILES string of the molecule is COc1cn(C(CC2=NOCCC2)C(=O)Cc2ccc3nn(C)cc3c2)c(=O)cc1-c1cc(Cl)ccc1OCC(F)(F)F. The molecule has 2 aromatic carbocycles. The van der Waals surface area contributed by atoms with Crippen molar-refractivity contribution in [2.75, 3.05) is 20.3 Å². The molecule has 13 heteroatoms. The number of ketones is 1. The fourth-order valence-corrected chi connectivity index (χ4v) is 5.20. The normalized spacial score (nSPS) is 14.2. The number of pyridine rings is 1. The van der Waals surface area contributed by atoms with Crippen LogP contribution in [0.25, 0.3) is 22.0 Å². The third-order valence-electron chi connectivity index (χ3n) is 6.98. The van der Waals surface area contributed by atoms with Crippen LogP contribution in [-0.4, -0.2) is 52.3 Å². The second kappa shape index (κ2) is 12.5. The molecule has 5 rings (SSSR count). The summed E-state index contributed by atoms with van der Waals surface area (Å²) in [6.45, 7) is -1.07. The third kappa shape index (κ3) is 7.19. The van der Waals surface area contributed by atoms with Gasteiger partial charge in [0.25, 0.3) is 5.56 Å². The maximum Gasteiger partial charge on any atom is 0.422 e. The van der Waals surface area contributed by atoms with Gasteiger partial charge in [0.2, 0.25) is 0 Å². The Hall–Kier alpha value is -4.32. The lowest BCUT2D eigenvalue weighted by atomic mass is 9.96. The second-order valence-corrected chi connectivity index (χ2v) is 10.6. The molecule has 1 aliphatic heterocycles. The van der Waals surface area contributed by atoms with Crippen molar-refractivity contribution in [2.24, 2.45) is 12.2 Å². The largest absolute Gasteiger partial charge is 0.495 e. The van der Waals surface area contributed by atoms with Crippen LogP contribution in [0.1, 0.15) is 30.9 Å². The molecule has 1 atom stereocenters. The standard InChI is InChI=1S/C30H28ClF3N4O5/c1-37-15-19-10-18(5-7-24(19)35-37)11-26(39)25(13-21-4-3-9-43-36-21)38-16-28(41-2)23(14-29(38)40)22-12-20(31)6-8-27(22)42-17-30(32,33)34/h5-8,10,12,14-16,25H,3-4,9,11,13,17H2,1-2H3. The van der Waals surface area contributed by atoms with Crippen LogP contribution in [0.5, 0.6) is 11.5 Å². The lowest BCUT2D eigenvalue weighted by Crippen LogP contribution is -2.32. The van der Waals surface area contributed by atoms with E-state index in [4.69, 9.17) is 25.9 Å². The van der Waals surface area contributed by atoms with Crippen LogP contribution in [0.3, 0.4) is 0 Å². The van der Waals surface area contributed by atoms with Crippen molar-refractivity contribution in [3.05, 3.63) is 75.8 Å². The highest BCUT2D eigenvalue weighted by Crippen LogP contribution is 2.38. The van der Waals surface area contributed by atoms with Crippen LogP contribution >= 0.6 is 11.6 Å². The summed E-state index contributed by atoms with van der Waals surface area (Å²) in [5, 5.41) is 9.57. The number of nitrogens with zero attached hydrogens (tertiary/aromatic N) is 4. The minimum atomic E-state index is -4.58. The van der Waals surface area contributed by atoms with Crippen LogP contribution in [0.15, 0.2) is 64.8 Å². The predicted molar refractivity (Wildman–Crippen MR) is 155 cm³/mol. The van der Waals surface area contributed by atoms with E-state index in [-0.39, 0.29) is 46.3 Å². The number of rotatable bonds is 10. The molecule has 43 heavy (non-hydrogen) atoms. The molecular formula is C30H28ClF3N4O5. The first kappa shape index (κ1) is 30.1. The van der Waals surface area contributed by atoms with Gasteiger partial charge < -0.3 is 18.9 Å². The van der Waals surface area contributed by atoms with Crippen molar-refractivity contribution in [3.63, 3.8) is 0 Å². The van der Waals surface area contributed by atoms with E-state index in [1.165, 1.54) is 42.1 Å². The fraction of sp³-hybridized carbons (Fsp3) is 0.333. The van der Waals surface area contributed by atoms with Crippen molar-refractivity contribution in [1.82, 2.24) is 14.3 Å². The number of carbonyl (C=O) groups is 1. The Labute approximate surface area is 249 Å². The number of benzene rings is 2. The third-order valence-corrected chi connectivity index (χ3v) is 7.21. The minimum Gasteiger partial charge on any atom is -0.495 e. The monoisotopic (exact) mass is 616 g/mol. The van der Waals surface area contributed by atoms with Gasteiger partial charge in [0, 0.05) is 53.7 Å². The zero-order valence-corrected chi connectivity index (χ0v) is 24.1. The minimum absolute atomic E-state index is 0.0316. The van der Waals surface area contributed by atoms with E-state index >= 15 is 0 Å². The summed E-state index contributed by atoms with van der Waals surface area (Å²) in [4.78, 5) is 32.7. The van der Waals surface area contributed by atoms with Crippen LogP contribution < -0.4 is 15.0 Å². The molecule has 0 saturated carbocycles. The lowest BCUT2D eigenvalue weighted by Gasteiger charge is -2.23. The molecular weight excluding hydrogens is 589 g/mol. The van der Waals surface area contributed by atoms with Crippen molar-refractivity contribution >= 4 is 34.0 Å². The van der Waals surface area contributed by atoms with Crippen molar-refractivity contribution in [2.45, 2.75) is 37.9 Å². The van der Waals surface area contributed by atoms with E-state index in [0.29, 0.717) is 18.7 Å². The van der Waals surface area contributed by atoms with Gasteiger partial charge in [0.1, 0.15) is 24.1 Å². The summed E-state index contributed by atoms with van der Waals surface area (Å²) in [5.74, 6) is -0.246. The number of aromatic nitrogens is 3. The van der Waals surface area contributed by atoms with E-state index in [2.05, 4.69) is 10.3 Å². The molecule has 1 unspecified atom stereocenters. The number of halogens is 4. The lowest BCUT2D eigenvalue weighted by molar-refractivity contribution is -0.153. The Morgan fingerprint density at radius 1 is 1.12 bits per heavy atom. The summed E-state index contributed by atoms with van der Waals surface area (Å²) in [5.41, 5.74) is 1.90. The second-order valence-electron chi connectivity index (χ2n) is 10.2. The average molecular weight is 617 g/mol. The van der Waals surface area contributed by atoms with Crippen LogP contribution in [0, 0.1) is 0 Å². The Morgan fingerprint density at radius 3 is 2.63 bits per heavy atom. The Balaban J connectivity index is 1.54. The Kier molecular flexibility index (Phi) is 8.77. The zero-order valence-electron chi connectivity index (χ0n) is 23.4. The van der Waals surface area contributed by atoms with E-state index < -0.39 is 24.4 Å². The van der Waals surface area contributed by atoms with Gasteiger partial charge in [0.05, 0.1) is 24.5 Å². The first-order valence-corrected chi connectivity index (χ1v) is 13.8. The number of aryl methyl sites for hydroxylation is 1. The maximum absolute atomic E-state index is 13.9. The number of hydrogen-bond donors (Lipinski definition) is 0. The molecule has 1 aliphatic rings. The maximum atomic E-state index is 13.9. The number of oxime groups is 1. The topological polar surface area (TPSA) is 96.9 Å². The number of carbonyl (C=O) groups excluding carboxylic acids is 1. The van der Waals surface area contributed by atoms with Gasteiger partial charge in [-0.1, -0.05) is 22.8 Å². The number of ether oxygens (including phenoxy) is 2. The van der Waals surface area contributed by atoms with E-state index in [9.17, 15) is 22.8 Å². The van der Waals surface area contributed by atoms with E-state index in [1.54, 1.807) is 4.68 Å². The van der Waals surface area contributed by atoms with Crippen LogP contribution in [-0.2, 0) is 23.1 Å². The Bertz CT molecular complexity index is 1750. The molecule has 0 radical (unpaired) electrons. The first-order valence-electron chi connectivity index (χ1n) is 13.4. The summed E-state index contributed by atoms with van der Waals surface area (Å²) in [6, 6.07) is 9.84. The van der Waals surface area contributed by atoms with Gasteiger partial charge in [-0.05, 0) is 48.7 Å². The quantitative estimate of drug-likeness (QED) is 0.220. The molecule has 0 fully saturated rings. The smallest absolute Gasteiger partial charge is 0.422 e. The molecule has 0 aliphatic carbocycles. The first-order chi connectivity index (χ1) is 20.5. The fourth-order valence-electron chi connectivity index (χ4n) is 5.02. The van der Waals surface area contributed by atoms with Gasteiger partial charge >= 0.3 is 6.18 Å². The summed E-state index contributed by atoms with van der Waals surface area (Å²) >= 11 is 6.16. The van der Waals surface area contributed by atoms with Crippen molar-refractivity contribution in [1.29, 1.82) is 0 Å². The number of fused-ring (bicyclic) bond motifs is 1. The predicted octanol–water partition coefficient (Wildman–Crippen LogP) is 5.91. The van der Waals surface area contributed by atoms with Gasteiger partial charge in [-0.3, -0.25) is 14.3 Å². The Morgan fingerprint density at radius 2 is 1.91 bits per heavy atom. The van der Waals surface area contributed by atoms with Crippen LogP contribution in [0.4, 0.5) is 13.2 Å². The molecule has 2 aromatic heterocycles. The number of alkyl halides is 3. The summed E-state index contributed by atoms with van der Waals surface area (Å²) in [6.07, 6.45) is 0.152. The number of hydrogen-bond acceptors (Lipinski definition) is 7. The highest BCUT2D eigenvalue weighted by Gasteiger charge is 2.30. The van der Waals surface area contributed by atoms with Gasteiger partial charge in [0.15, 0.2) is 12.4 Å². The molecule has 0 bridgehead atoms. The number of Topliss-reactive ketones (excluding diaryl/α,β-unsaturated/α-hetero) is 1. The molecule has 0 saturated heterocycles. The van der Waals surface area contributed by atoms with Crippen LogP contribution in [0.2, 0.25) is 5.02 Å². The molecule has 3 heterocycles. The van der Waals surface area contributed by atoms with Crippen molar-refractivity contribution < 1.29 is 32.3 Å². The summed E-state index contributed by atoms with van der Waals surface area (Å²) < 4.78 is 52.3. The van der Waals surface area contributed by atoms with E-state index in [0.717, 1.165) is 22.9 Å². The molecule has 9 nitrogen and oxygen atoms in total. The average Bonchev–Trinajstić information content (AvgIpc) is 3.34. The number of methoxy groups -OCH3 is 1. The molecule has 0 N–H and O–H groups in total. The van der Waals surface area contributed by atoms with Gasteiger partial charge in [-0.15, -0.1) is 0 Å². The molecule has 0 spiro atoms. The molecule has 4 aromatic rings. The zero-order chi connectivity index (χ0) is 30.7. The van der Waals surface area contributed by atoms with Crippen molar-refractivity contribution in [3.8, 4) is 22.6 Å². The highest BCUT2D eigenvalue weighted by atomic mass is 35.5.